The van der Waals surface area contributed by atoms with E-state index in [-0.39, 0.29) is 15.6 Å². The van der Waals surface area contributed by atoms with E-state index in [2.05, 4.69) is 9.71 Å². The minimum Gasteiger partial charge on any atom is -0.328 e. The second kappa shape index (κ2) is 5.02. The Morgan fingerprint density at radius 2 is 1.95 bits per heavy atom. The van der Waals surface area contributed by atoms with Crippen molar-refractivity contribution in [2.24, 2.45) is 0 Å². The fourth-order valence-electron chi connectivity index (χ4n) is 1.35. The van der Waals surface area contributed by atoms with Gasteiger partial charge in [-0.1, -0.05) is 17.7 Å². The molecule has 2 rings (SSSR count). The van der Waals surface area contributed by atoms with Gasteiger partial charge in [-0.15, -0.1) is 0 Å². The van der Waals surface area contributed by atoms with Crippen molar-refractivity contribution in [3.8, 4) is 0 Å². The van der Waals surface area contributed by atoms with E-state index in [4.69, 9.17) is 11.6 Å². The molecule has 8 heteroatoms. The lowest BCUT2D eigenvalue weighted by Crippen LogP contribution is -2.16. The van der Waals surface area contributed by atoms with E-state index < -0.39 is 21.4 Å². The first-order valence-electron chi connectivity index (χ1n) is 5.06. The molecule has 19 heavy (non-hydrogen) atoms. The number of aromatic amines is 1. The molecule has 1 aromatic heterocycles. The van der Waals surface area contributed by atoms with E-state index in [0.29, 0.717) is 0 Å². The number of halogens is 2. The normalized spacial score (nSPS) is 11.3. The predicted octanol–water partition coefficient (Wildman–Crippen LogP) is 1.97. The Morgan fingerprint density at radius 3 is 2.58 bits per heavy atom. The highest BCUT2D eigenvalue weighted by molar-refractivity contribution is 7.92. The number of benzene rings is 1. The van der Waals surface area contributed by atoms with Gasteiger partial charge in [0.05, 0.1) is 10.7 Å². The van der Waals surface area contributed by atoms with Gasteiger partial charge < -0.3 is 4.98 Å². The molecule has 1 heterocycles. The van der Waals surface area contributed by atoms with Gasteiger partial charge in [0.2, 0.25) is 5.56 Å². The highest BCUT2D eigenvalue weighted by Crippen LogP contribution is 2.24. The summed E-state index contributed by atoms with van der Waals surface area (Å²) in [5.74, 6) is -0.864. The number of nitrogens with one attached hydrogen (secondary N) is 2. The zero-order chi connectivity index (χ0) is 14.0. The number of sulfonamides is 1. The molecule has 0 amide bonds. The molecule has 0 bridgehead atoms. The molecule has 0 aliphatic heterocycles. The first kappa shape index (κ1) is 13.6. The van der Waals surface area contributed by atoms with Crippen LogP contribution in [0.1, 0.15) is 0 Å². The lowest BCUT2D eigenvalue weighted by Gasteiger charge is -2.09. The molecule has 0 aliphatic rings. The summed E-state index contributed by atoms with van der Waals surface area (Å²) in [6, 6.07) is 6.13. The largest absolute Gasteiger partial charge is 0.328 e. The molecule has 0 radical (unpaired) electrons. The van der Waals surface area contributed by atoms with Crippen molar-refractivity contribution in [1.82, 2.24) is 4.98 Å². The Labute approximate surface area is 113 Å². The van der Waals surface area contributed by atoms with Gasteiger partial charge in [-0.05, 0) is 18.2 Å². The maximum absolute atomic E-state index is 13.6. The zero-order valence-electron chi connectivity index (χ0n) is 9.35. The fourth-order valence-corrected chi connectivity index (χ4v) is 2.55. The molecular weight excluding hydrogens is 295 g/mol. The average Bonchev–Trinajstić information content (AvgIpc) is 2.35. The number of pyridine rings is 1. The summed E-state index contributed by atoms with van der Waals surface area (Å²) in [5, 5.41) is -0.193. The van der Waals surface area contributed by atoms with Crippen molar-refractivity contribution in [1.29, 1.82) is 0 Å². The molecule has 1 aromatic carbocycles. The van der Waals surface area contributed by atoms with Gasteiger partial charge >= 0.3 is 0 Å². The summed E-state index contributed by atoms with van der Waals surface area (Å²) in [5.41, 5.74) is -0.702. The van der Waals surface area contributed by atoms with Crippen molar-refractivity contribution in [3.05, 3.63) is 57.7 Å². The minimum absolute atomic E-state index is 0.188. The summed E-state index contributed by atoms with van der Waals surface area (Å²) < 4.78 is 39.5. The SMILES string of the molecule is O=c1ccc(S(=O)(=O)Nc2cccc(Cl)c2F)c[nH]1. The third kappa shape index (κ3) is 2.94. The van der Waals surface area contributed by atoms with Crippen LogP contribution in [0.2, 0.25) is 5.02 Å². The highest BCUT2D eigenvalue weighted by Gasteiger charge is 2.17. The van der Waals surface area contributed by atoms with Crippen LogP contribution in [0.25, 0.3) is 0 Å². The number of hydrogen-bond acceptors (Lipinski definition) is 3. The second-order valence-corrected chi connectivity index (χ2v) is 5.69. The van der Waals surface area contributed by atoms with Gasteiger partial charge in [0.1, 0.15) is 4.90 Å². The Morgan fingerprint density at radius 1 is 1.21 bits per heavy atom. The predicted molar refractivity (Wildman–Crippen MR) is 69.3 cm³/mol. The van der Waals surface area contributed by atoms with Gasteiger partial charge in [-0.3, -0.25) is 9.52 Å². The number of hydrogen-bond donors (Lipinski definition) is 2. The molecule has 0 saturated heterocycles. The number of H-pyrrole nitrogens is 1. The van der Waals surface area contributed by atoms with Crippen LogP contribution in [0.3, 0.4) is 0 Å². The van der Waals surface area contributed by atoms with Crippen LogP contribution in [-0.2, 0) is 10.0 Å². The molecular formula is C11H8ClFN2O3S. The standard InChI is InChI=1S/C11H8ClFN2O3S/c12-8-2-1-3-9(11(8)13)15-19(17,18)7-4-5-10(16)14-6-7/h1-6,15H,(H,14,16). The lowest BCUT2D eigenvalue weighted by atomic mass is 10.3. The van der Waals surface area contributed by atoms with Gasteiger partial charge in [0.15, 0.2) is 5.82 Å². The van der Waals surface area contributed by atoms with E-state index in [9.17, 15) is 17.6 Å². The molecule has 0 atom stereocenters. The van der Waals surface area contributed by atoms with Crippen molar-refractivity contribution in [2.45, 2.75) is 4.90 Å². The minimum atomic E-state index is -3.99. The molecule has 2 aromatic rings. The van der Waals surface area contributed by atoms with Crippen LogP contribution in [0.4, 0.5) is 10.1 Å². The van der Waals surface area contributed by atoms with Crippen LogP contribution >= 0.6 is 11.6 Å². The lowest BCUT2D eigenvalue weighted by molar-refractivity contribution is 0.598. The van der Waals surface area contributed by atoms with E-state index in [1.807, 2.05) is 0 Å². The molecule has 0 aliphatic carbocycles. The average molecular weight is 303 g/mol. The summed E-state index contributed by atoms with van der Waals surface area (Å²) in [6.45, 7) is 0. The first-order valence-corrected chi connectivity index (χ1v) is 6.92. The van der Waals surface area contributed by atoms with Crippen LogP contribution < -0.4 is 10.3 Å². The number of rotatable bonds is 3. The first-order chi connectivity index (χ1) is 8.90. The van der Waals surface area contributed by atoms with Gasteiger partial charge in [-0.25, -0.2) is 12.8 Å². The fraction of sp³-hybridized carbons (Fsp3) is 0. The highest BCUT2D eigenvalue weighted by atomic mass is 35.5. The third-order valence-electron chi connectivity index (χ3n) is 2.26. The van der Waals surface area contributed by atoms with Crippen LogP contribution in [0.15, 0.2) is 46.2 Å². The summed E-state index contributed by atoms with van der Waals surface area (Å²) in [4.78, 5) is 12.9. The monoisotopic (exact) mass is 302 g/mol. The number of anilines is 1. The van der Waals surface area contributed by atoms with E-state index in [0.717, 1.165) is 18.3 Å². The Bertz CT molecular complexity index is 753. The van der Waals surface area contributed by atoms with E-state index in [1.54, 1.807) is 0 Å². The molecule has 0 saturated carbocycles. The van der Waals surface area contributed by atoms with Crippen LogP contribution in [-0.4, -0.2) is 13.4 Å². The maximum atomic E-state index is 13.6. The van der Waals surface area contributed by atoms with Crippen LogP contribution in [0.5, 0.6) is 0 Å². The molecule has 100 valence electrons. The van der Waals surface area contributed by atoms with E-state index in [1.165, 1.54) is 18.2 Å². The zero-order valence-corrected chi connectivity index (χ0v) is 10.9. The molecule has 0 unspecified atom stereocenters. The Kier molecular flexibility index (Phi) is 3.59. The Hall–Kier alpha value is -1.86. The molecule has 5 nitrogen and oxygen atoms in total. The molecule has 2 N–H and O–H groups in total. The second-order valence-electron chi connectivity index (χ2n) is 3.60. The third-order valence-corrected chi connectivity index (χ3v) is 3.92. The summed E-state index contributed by atoms with van der Waals surface area (Å²) in [7, 11) is -3.99. The Balaban J connectivity index is 2.39. The van der Waals surface area contributed by atoms with Crippen LogP contribution in [0, 0.1) is 5.82 Å². The maximum Gasteiger partial charge on any atom is 0.263 e. The topological polar surface area (TPSA) is 79.0 Å². The molecule has 0 spiro atoms. The quantitative estimate of drug-likeness (QED) is 0.910. The summed E-state index contributed by atoms with van der Waals surface area (Å²) in [6.07, 6.45) is 1.02. The van der Waals surface area contributed by atoms with Crippen molar-refractivity contribution >= 4 is 27.3 Å². The summed E-state index contributed by atoms with van der Waals surface area (Å²) >= 11 is 5.55. The van der Waals surface area contributed by atoms with Gasteiger partial charge in [0.25, 0.3) is 10.0 Å². The van der Waals surface area contributed by atoms with Crippen molar-refractivity contribution in [3.63, 3.8) is 0 Å². The smallest absolute Gasteiger partial charge is 0.263 e. The van der Waals surface area contributed by atoms with E-state index >= 15 is 0 Å². The van der Waals surface area contributed by atoms with Crippen molar-refractivity contribution in [2.75, 3.05) is 4.72 Å². The van der Waals surface area contributed by atoms with Gasteiger partial charge in [-0.2, -0.15) is 0 Å². The van der Waals surface area contributed by atoms with Crippen molar-refractivity contribution < 1.29 is 12.8 Å². The van der Waals surface area contributed by atoms with Gasteiger partial charge in [0, 0.05) is 12.3 Å². The molecule has 0 fully saturated rings. The number of aromatic nitrogens is 1.